The number of nitrogens with zero attached hydrogens (tertiary/aromatic N) is 2. The van der Waals surface area contributed by atoms with Gasteiger partial charge >= 0.3 is 0 Å². The van der Waals surface area contributed by atoms with E-state index in [1.54, 1.807) is 17.8 Å². The summed E-state index contributed by atoms with van der Waals surface area (Å²) in [6, 6.07) is 7.58. The third kappa shape index (κ3) is 2.61. The van der Waals surface area contributed by atoms with E-state index in [9.17, 15) is 4.79 Å². The van der Waals surface area contributed by atoms with Gasteiger partial charge in [0.2, 0.25) is 0 Å². The molecule has 1 aromatic heterocycles. The molecule has 94 valence electrons. The Morgan fingerprint density at radius 3 is 2.67 bits per heavy atom. The molecule has 0 radical (unpaired) electrons. The highest BCUT2D eigenvalue weighted by Gasteiger charge is 2.13. The molecule has 0 saturated carbocycles. The number of amides is 1. The van der Waals surface area contributed by atoms with E-state index >= 15 is 0 Å². The molecule has 5 heteroatoms. The second-order valence-corrected chi connectivity index (χ2v) is 5.09. The van der Waals surface area contributed by atoms with Crippen LogP contribution in [0.3, 0.4) is 0 Å². The van der Waals surface area contributed by atoms with E-state index in [1.807, 2.05) is 32.0 Å². The van der Waals surface area contributed by atoms with Crippen molar-refractivity contribution in [3.05, 3.63) is 45.7 Å². The molecule has 2 rings (SSSR count). The number of anilines is 1. The zero-order valence-electron chi connectivity index (χ0n) is 10.5. The van der Waals surface area contributed by atoms with Gasteiger partial charge in [0.1, 0.15) is 5.69 Å². The Morgan fingerprint density at radius 2 is 2.06 bits per heavy atom. The minimum absolute atomic E-state index is 0.163. The van der Waals surface area contributed by atoms with Crippen molar-refractivity contribution in [3.63, 3.8) is 0 Å². The van der Waals surface area contributed by atoms with Crippen molar-refractivity contribution in [2.75, 3.05) is 5.32 Å². The first-order chi connectivity index (χ1) is 8.47. The number of rotatable bonds is 2. The summed E-state index contributed by atoms with van der Waals surface area (Å²) in [7, 11) is 1.76. The molecule has 1 heterocycles. The monoisotopic (exact) mass is 307 g/mol. The van der Waals surface area contributed by atoms with E-state index in [0.29, 0.717) is 5.69 Å². The summed E-state index contributed by atoms with van der Waals surface area (Å²) >= 11 is 3.42. The van der Waals surface area contributed by atoms with Crippen molar-refractivity contribution in [1.29, 1.82) is 0 Å². The van der Waals surface area contributed by atoms with Crippen LogP contribution in [0, 0.1) is 13.8 Å². The quantitative estimate of drug-likeness (QED) is 0.927. The Bertz CT molecular complexity index is 604. The minimum Gasteiger partial charge on any atom is -0.320 e. The van der Waals surface area contributed by atoms with Crippen molar-refractivity contribution in [2.45, 2.75) is 13.8 Å². The molecule has 1 aromatic carbocycles. The standard InChI is InChI=1S/C13H14BrN3O/c1-8-4-5-10(14)11(6-8)15-13(18)12-7-9(2)16-17(12)3/h4-7H,1-3H3,(H,15,18). The van der Waals surface area contributed by atoms with E-state index in [4.69, 9.17) is 0 Å². The Kier molecular flexibility index (Phi) is 3.52. The number of aryl methyl sites for hydroxylation is 3. The summed E-state index contributed by atoms with van der Waals surface area (Å²) < 4.78 is 2.44. The van der Waals surface area contributed by atoms with Crippen molar-refractivity contribution in [2.24, 2.45) is 7.05 Å². The highest BCUT2D eigenvalue weighted by Crippen LogP contribution is 2.23. The molecule has 0 atom stereocenters. The Morgan fingerprint density at radius 1 is 1.33 bits per heavy atom. The Balaban J connectivity index is 2.26. The van der Waals surface area contributed by atoms with Gasteiger partial charge in [-0.3, -0.25) is 9.48 Å². The smallest absolute Gasteiger partial charge is 0.273 e. The number of hydrogen-bond acceptors (Lipinski definition) is 2. The molecule has 0 aliphatic carbocycles. The fraction of sp³-hybridized carbons (Fsp3) is 0.231. The van der Waals surface area contributed by atoms with Crippen LogP contribution < -0.4 is 5.32 Å². The molecule has 0 fully saturated rings. The van der Waals surface area contributed by atoms with Crippen LogP contribution in [0.2, 0.25) is 0 Å². The van der Waals surface area contributed by atoms with Gasteiger partial charge in [-0.05, 0) is 53.5 Å². The number of halogens is 1. The third-order valence-electron chi connectivity index (χ3n) is 2.60. The van der Waals surface area contributed by atoms with Gasteiger partial charge in [-0.2, -0.15) is 5.10 Å². The summed E-state index contributed by atoms with van der Waals surface area (Å²) in [6.07, 6.45) is 0. The molecular formula is C13H14BrN3O. The van der Waals surface area contributed by atoms with Gasteiger partial charge in [0, 0.05) is 11.5 Å². The van der Waals surface area contributed by atoms with Crippen LogP contribution in [0.25, 0.3) is 0 Å². The summed E-state index contributed by atoms with van der Waals surface area (Å²) in [5, 5.41) is 7.03. The number of carbonyl (C=O) groups is 1. The molecule has 0 unspecified atom stereocenters. The third-order valence-corrected chi connectivity index (χ3v) is 3.30. The number of carbonyl (C=O) groups excluding carboxylic acids is 1. The van der Waals surface area contributed by atoms with E-state index in [2.05, 4.69) is 26.3 Å². The second-order valence-electron chi connectivity index (χ2n) is 4.23. The van der Waals surface area contributed by atoms with Crippen molar-refractivity contribution in [1.82, 2.24) is 9.78 Å². The molecule has 18 heavy (non-hydrogen) atoms. The number of benzene rings is 1. The molecule has 0 aliphatic rings. The average molecular weight is 308 g/mol. The summed E-state index contributed by atoms with van der Waals surface area (Å²) in [5.41, 5.74) is 3.22. The van der Waals surface area contributed by atoms with Crippen molar-refractivity contribution >= 4 is 27.5 Å². The molecular weight excluding hydrogens is 294 g/mol. The molecule has 1 amide bonds. The van der Waals surface area contributed by atoms with Gasteiger partial charge in [0.15, 0.2) is 0 Å². The summed E-state index contributed by atoms with van der Waals surface area (Å²) in [5.74, 6) is -0.163. The van der Waals surface area contributed by atoms with Crippen LogP contribution in [0.1, 0.15) is 21.7 Å². The molecule has 2 aromatic rings. The predicted molar refractivity (Wildman–Crippen MR) is 74.8 cm³/mol. The maximum absolute atomic E-state index is 12.1. The van der Waals surface area contributed by atoms with E-state index in [1.165, 1.54) is 0 Å². The van der Waals surface area contributed by atoms with Crippen LogP contribution in [0.15, 0.2) is 28.7 Å². The summed E-state index contributed by atoms with van der Waals surface area (Å²) in [4.78, 5) is 12.1. The maximum atomic E-state index is 12.1. The van der Waals surface area contributed by atoms with Crippen LogP contribution in [0.4, 0.5) is 5.69 Å². The van der Waals surface area contributed by atoms with Gasteiger partial charge in [0.25, 0.3) is 5.91 Å². The molecule has 0 spiro atoms. The van der Waals surface area contributed by atoms with Gasteiger partial charge in [-0.15, -0.1) is 0 Å². The molecule has 0 saturated heterocycles. The lowest BCUT2D eigenvalue weighted by Gasteiger charge is -2.08. The van der Waals surface area contributed by atoms with Crippen molar-refractivity contribution < 1.29 is 4.79 Å². The molecule has 0 aliphatic heterocycles. The van der Waals surface area contributed by atoms with Crippen LogP contribution in [0.5, 0.6) is 0 Å². The number of hydrogen-bond donors (Lipinski definition) is 1. The lowest BCUT2D eigenvalue weighted by molar-refractivity contribution is 0.101. The van der Waals surface area contributed by atoms with Crippen molar-refractivity contribution in [3.8, 4) is 0 Å². The lowest BCUT2D eigenvalue weighted by Crippen LogP contribution is -2.16. The highest BCUT2D eigenvalue weighted by molar-refractivity contribution is 9.10. The second kappa shape index (κ2) is 4.94. The molecule has 1 N–H and O–H groups in total. The fourth-order valence-electron chi connectivity index (χ4n) is 1.74. The van der Waals surface area contributed by atoms with Crippen LogP contribution in [-0.4, -0.2) is 15.7 Å². The number of nitrogens with one attached hydrogen (secondary N) is 1. The van der Waals surface area contributed by atoms with Gasteiger partial charge in [-0.1, -0.05) is 6.07 Å². The highest BCUT2D eigenvalue weighted by atomic mass is 79.9. The van der Waals surface area contributed by atoms with Gasteiger partial charge in [0.05, 0.1) is 11.4 Å². The zero-order chi connectivity index (χ0) is 13.3. The largest absolute Gasteiger partial charge is 0.320 e. The minimum atomic E-state index is -0.163. The number of aromatic nitrogens is 2. The SMILES string of the molecule is Cc1ccc(Br)c(NC(=O)c2cc(C)nn2C)c1. The average Bonchev–Trinajstić information content (AvgIpc) is 2.63. The first kappa shape index (κ1) is 12.8. The topological polar surface area (TPSA) is 46.9 Å². The van der Waals surface area contributed by atoms with E-state index in [-0.39, 0.29) is 5.91 Å². The van der Waals surface area contributed by atoms with E-state index < -0.39 is 0 Å². The van der Waals surface area contributed by atoms with Gasteiger partial charge in [-0.25, -0.2) is 0 Å². The molecule has 0 bridgehead atoms. The van der Waals surface area contributed by atoms with Crippen LogP contribution in [-0.2, 0) is 7.05 Å². The normalized spacial score (nSPS) is 10.4. The summed E-state index contributed by atoms with van der Waals surface area (Å²) in [6.45, 7) is 3.84. The zero-order valence-corrected chi connectivity index (χ0v) is 12.1. The maximum Gasteiger partial charge on any atom is 0.273 e. The first-order valence-corrected chi connectivity index (χ1v) is 6.35. The lowest BCUT2D eigenvalue weighted by atomic mass is 10.2. The van der Waals surface area contributed by atoms with Crippen LogP contribution >= 0.6 is 15.9 Å². The predicted octanol–water partition coefficient (Wildman–Crippen LogP) is 3.05. The Labute approximate surface area is 114 Å². The van der Waals surface area contributed by atoms with Gasteiger partial charge < -0.3 is 5.32 Å². The fourth-order valence-corrected chi connectivity index (χ4v) is 2.09. The first-order valence-electron chi connectivity index (χ1n) is 5.55. The molecule has 4 nitrogen and oxygen atoms in total. The Hall–Kier alpha value is -1.62. The van der Waals surface area contributed by atoms with E-state index in [0.717, 1.165) is 21.4 Å².